The molecule has 1 nitrogen and oxygen atoms in total. The Labute approximate surface area is 112 Å². The fourth-order valence-corrected chi connectivity index (χ4v) is 2.10. The van der Waals surface area contributed by atoms with Crippen molar-refractivity contribution in [3.05, 3.63) is 33.3 Å². The quantitative estimate of drug-likeness (QED) is 0.808. The van der Waals surface area contributed by atoms with E-state index < -0.39 is 0 Å². The number of hydrogen-bond donors (Lipinski definition) is 1. The zero-order valence-corrected chi connectivity index (χ0v) is 12.2. The van der Waals surface area contributed by atoms with Crippen molar-refractivity contribution in [3.8, 4) is 0 Å². The lowest BCUT2D eigenvalue weighted by molar-refractivity contribution is 0.449. The normalized spacial score (nSPS) is 11.1. The zero-order valence-electron chi connectivity index (χ0n) is 9.89. The van der Waals surface area contributed by atoms with Gasteiger partial charge < -0.3 is 5.32 Å². The Kier molecular flexibility index (Phi) is 6.40. The Morgan fingerprint density at radius 3 is 2.56 bits per heavy atom. The van der Waals surface area contributed by atoms with Crippen molar-refractivity contribution >= 4 is 27.5 Å². The molecule has 3 heteroatoms. The molecule has 0 spiro atoms. The summed E-state index contributed by atoms with van der Waals surface area (Å²) < 4.78 is 0.956. The molecule has 0 amide bonds. The number of hydrogen-bond acceptors (Lipinski definition) is 1. The molecule has 0 fully saturated rings. The van der Waals surface area contributed by atoms with Gasteiger partial charge in [-0.3, -0.25) is 0 Å². The first-order chi connectivity index (χ1) is 7.67. The van der Waals surface area contributed by atoms with Crippen LogP contribution >= 0.6 is 27.5 Å². The molecule has 0 aliphatic carbocycles. The van der Waals surface area contributed by atoms with Crippen LogP contribution in [-0.2, 0) is 6.54 Å². The minimum atomic E-state index is 0.779. The molecule has 0 radical (unpaired) electrons. The van der Waals surface area contributed by atoms with Gasteiger partial charge in [-0.05, 0) is 46.1 Å². The standard InChI is InChI=1S/C13H19BrClN/c1-3-10(4-2)8-16-9-11-5-6-12(14)13(15)7-11/h5-7,10,16H,3-4,8-9H2,1-2H3. The maximum Gasteiger partial charge on any atom is 0.0551 e. The summed E-state index contributed by atoms with van der Waals surface area (Å²) in [6.07, 6.45) is 2.48. The Bertz CT molecular complexity index is 324. The molecule has 1 aromatic rings. The molecular formula is C13H19BrClN. The molecule has 0 aliphatic rings. The second kappa shape index (κ2) is 7.31. The van der Waals surface area contributed by atoms with Gasteiger partial charge in [0, 0.05) is 11.0 Å². The third kappa shape index (κ3) is 4.44. The second-order valence-corrected chi connectivity index (χ2v) is 5.32. The summed E-state index contributed by atoms with van der Waals surface area (Å²) >= 11 is 9.43. The minimum absolute atomic E-state index is 0.779. The van der Waals surface area contributed by atoms with E-state index in [4.69, 9.17) is 11.6 Å². The minimum Gasteiger partial charge on any atom is -0.312 e. The van der Waals surface area contributed by atoms with E-state index in [2.05, 4.69) is 41.2 Å². The van der Waals surface area contributed by atoms with Crippen molar-refractivity contribution in [3.63, 3.8) is 0 Å². The first kappa shape index (κ1) is 14.0. The van der Waals surface area contributed by atoms with E-state index in [-0.39, 0.29) is 0 Å². The molecule has 1 aromatic carbocycles. The Morgan fingerprint density at radius 2 is 2.00 bits per heavy atom. The number of rotatable bonds is 6. The largest absolute Gasteiger partial charge is 0.312 e. The van der Waals surface area contributed by atoms with Gasteiger partial charge in [-0.2, -0.15) is 0 Å². The molecular weight excluding hydrogens is 286 g/mol. The lowest BCUT2D eigenvalue weighted by Gasteiger charge is -2.13. The highest BCUT2D eigenvalue weighted by atomic mass is 79.9. The van der Waals surface area contributed by atoms with Crippen molar-refractivity contribution in [2.45, 2.75) is 33.2 Å². The Morgan fingerprint density at radius 1 is 1.31 bits per heavy atom. The monoisotopic (exact) mass is 303 g/mol. The van der Waals surface area contributed by atoms with Crippen molar-refractivity contribution < 1.29 is 0 Å². The predicted molar refractivity (Wildman–Crippen MR) is 74.9 cm³/mol. The van der Waals surface area contributed by atoms with Crippen molar-refractivity contribution in [1.29, 1.82) is 0 Å². The Balaban J connectivity index is 2.40. The van der Waals surface area contributed by atoms with Gasteiger partial charge in [-0.1, -0.05) is 44.4 Å². The summed E-state index contributed by atoms with van der Waals surface area (Å²) in [4.78, 5) is 0. The van der Waals surface area contributed by atoms with Gasteiger partial charge in [-0.25, -0.2) is 0 Å². The van der Waals surface area contributed by atoms with Gasteiger partial charge in [0.2, 0.25) is 0 Å². The molecule has 0 bridgehead atoms. The van der Waals surface area contributed by atoms with Crippen LogP contribution in [0.3, 0.4) is 0 Å². The van der Waals surface area contributed by atoms with Crippen LogP contribution in [0.4, 0.5) is 0 Å². The summed E-state index contributed by atoms with van der Waals surface area (Å²) in [7, 11) is 0. The van der Waals surface area contributed by atoms with Crippen LogP contribution in [0.25, 0.3) is 0 Å². The van der Waals surface area contributed by atoms with Gasteiger partial charge >= 0.3 is 0 Å². The zero-order chi connectivity index (χ0) is 12.0. The summed E-state index contributed by atoms with van der Waals surface area (Å²) in [5.74, 6) is 0.783. The third-order valence-electron chi connectivity index (χ3n) is 2.90. The van der Waals surface area contributed by atoms with E-state index in [1.807, 2.05) is 12.1 Å². The molecule has 0 saturated carbocycles. The summed E-state index contributed by atoms with van der Waals surface area (Å²) in [5, 5.41) is 4.26. The van der Waals surface area contributed by atoms with Crippen LogP contribution in [0.5, 0.6) is 0 Å². The molecule has 0 aromatic heterocycles. The fraction of sp³-hybridized carbons (Fsp3) is 0.538. The summed E-state index contributed by atoms with van der Waals surface area (Å²) in [6, 6.07) is 6.10. The topological polar surface area (TPSA) is 12.0 Å². The van der Waals surface area contributed by atoms with Crippen molar-refractivity contribution in [2.75, 3.05) is 6.54 Å². The Hall–Kier alpha value is -0.0500. The smallest absolute Gasteiger partial charge is 0.0551 e. The molecule has 90 valence electrons. The highest BCUT2D eigenvalue weighted by molar-refractivity contribution is 9.10. The third-order valence-corrected chi connectivity index (χ3v) is 4.13. The van der Waals surface area contributed by atoms with Gasteiger partial charge in [-0.15, -0.1) is 0 Å². The van der Waals surface area contributed by atoms with Gasteiger partial charge in [0.1, 0.15) is 0 Å². The van der Waals surface area contributed by atoms with E-state index in [1.54, 1.807) is 0 Å². The molecule has 0 saturated heterocycles. The van der Waals surface area contributed by atoms with Crippen LogP contribution in [0.2, 0.25) is 5.02 Å². The average molecular weight is 305 g/mol. The molecule has 16 heavy (non-hydrogen) atoms. The van der Waals surface area contributed by atoms with Crippen LogP contribution in [0.1, 0.15) is 32.3 Å². The van der Waals surface area contributed by atoms with E-state index in [1.165, 1.54) is 18.4 Å². The summed E-state index contributed by atoms with van der Waals surface area (Å²) in [5.41, 5.74) is 1.24. The fourth-order valence-electron chi connectivity index (χ4n) is 1.65. The molecule has 0 atom stereocenters. The number of benzene rings is 1. The van der Waals surface area contributed by atoms with E-state index in [9.17, 15) is 0 Å². The van der Waals surface area contributed by atoms with Gasteiger partial charge in [0.25, 0.3) is 0 Å². The second-order valence-electron chi connectivity index (χ2n) is 4.06. The van der Waals surface area contributed by atoms with E-state index >= 15 is 0 Å². The maximum atomic E-state index is 6.04. The highest BCUT2D eigenvalue weighted by Crippen LogP contribution is 2.23. The van der Waals surface area contributed by atoms with Gasteiger partial charge in [0.05, 0.1) is 5.02 Å². The lowest BCUT2D eigenvalue weighted by atomic mass is 10.0. The molecule has 0 unspecified atom stereocenters. The maximum absolute atomic E-state index is 6.04. The molecule has 1 rings (SSSR count). The summed E-state index contributed by atoms with van der Waals surface area (Å²) in [6.45, 7) is 6.46. The molecule has 1 N–H and O–H groups in total. The molecule has 0 heterocycles. The highest BCUT2D eigenvalue weighted by Gasteiger charge is 2.03. The van der Waals surface area contributed by atoms with Crippen LogP contribution in [0, 0.1) is 5.92 Å². The van der Waals surface area contributed by atoms with E-state index in [0.717, 1.165) is 28.5 Å². The lowest BCUT2D eigenvalue weighted by Crippen LogP contribution is -2.21. The van der Waals surface area contributed by atoms with E-state index in [0.29, 0.717) is 0 Å². The first-order valence-corrected chi connectivity index (χ1v) is 6.99. The van der Waals surface area contributed by atoms with Crippen LogP contribution < -0.4 is 5.32 Å². The first-order valence-electron chi connectivity index (χ1n) is 5.82. The van der Waals surface area contributed by atoms with Crippen LogP contribution in [0.15, 0.2) is 22.7 Å². The number of halogens is 2. The van der Waals surface area contributed by atoms with Crippen molar-refractivity contribution in [1.82, 2.24) is 5.32 Å². The number of nitrogens with one attached hydrogen (secondary N) is 1. The van der Waals surface area contributed by atoms with Crippen LogP contribution in [-0.4, -0.2) is 6.54 Å². The van der Waals surface area contributed by atoms with Gasteiger partial charge in [0.15, 0.2) is 0 Å². The molecule has 0 aliphatic heterocycles. The average Bonchev–Trinajstić information content (AvgIpc) is 2.29. The van der Waals surface area contributed by atoms with Crippen molar-refractivity contribution in [2.24, 2.45) is 5.92 Å². The predicted octanol–water partition coefficient (Wildman–Crippen LogP) is 4.63. The SMILES string of the molecule is CCC(CC)CNCc1ccc(Br)c(Cl)c1.